The molecule has 2 aromatic rings. The molecule has 2 amide bonds. The summed E-state index contributed by atoms with van der Waals surface area (Å²) in [6, 6.07) is 7.36. The summed E-state index contributed by atoms with van der Waals surface area (Å²) in [5, 5.41) is 7.12. The molecular formula is C25H29F3N6O4. The molecule has 5 heterocycles. The number of rotatable bonds is 2. The van der Waals surface area contributed by atoms with Crippen molar-refractivity contribution in [2.45, 2.75) is 32.4 Å². The monoisotopic (exact) mass is 534 g/mol. The van der Waals surface area contributed by atoms with Gasteiger partial charge >= 0.3 is 12.1 Å². The van der Waals surface area contributed by atoms with E-state index in [-0.39, 0.29) is 17.2 Å². The highest BCUT2D eigenvalue weighted by molar-refractivity contribution is 5.92. The van der Waals surface area contributed by atoms with Gasteiger partial charge in [-0.3, -0.25) is 9.59 Å². The molecular weight excluding hydrogens is 505 g/mol. The lowest BCUT2D eigenvalue weighted by Crippen LogP contribution is -2.53. The van der Waals surface area contributed by atoms with Crippen LogP contribution in [0, 0.1) is 17.8 Å². The first-order valence-corrected chi connectivity index (χ1v) is 12.2. The normalized spacial score (nSPS) is 22.6. The predicted molar refractivity (Wildman–Crippen MR) is 129 cm³/mol. The second kappa shape index (κ2) is 10.2. The van der Waals surface area contributed by atoms with Crippen LogP contribution in [0.5, 0.6) is 0 Å². The Morgan fingerprint density at radius 3 is 2.16 bits per heavy atom. The fourth-order valence-electron chi connectivity index (χ4n) is 5.83. The lowest BCUT2D eigenvalue weighted by molar-refractivity contribution is -0.192. The minimum absolute atomic E-state index is 0.0243. The third-order valence-electron chi connectivity index (χ3n) is 7.79. The summed E-state index contributed by atoms with van der Waals surface area (Å²) in [5.41, 5.74) is 0.725. The maximum Gasteiger partial charge on any atom is 0.490 e. The Hall–Kier alpha value is -3.77. The third kappa shape index (κ3) is 5.01. The molecule has 204 valence electrons. The quantitative estimate of drug-likeness (QED) is 0.624. The zero-order valence-corrected chi connectivity index (χ0v) is 21.1. The van der Waals surface area contributed by atoms with E-state index in [4.69, 9.17) is 9.90 Å². The van der Waals surface area contributed by atoms with Gasteiger partial charge < -0.3 is 19.8 Å². The van der Waals surface area contributed by atoms with E-state index in [2.05, 4.69) is 19.9 Å². The molecule has 0 aromatic carbocycles. The number of halogens is 3. The van der Waals surface area contributed by atoms with Crippen molar-refractivity contribution in [3.63, 3.8) is 0 Å². The zero-order valence-electron chi connectivity index (χ0n) is 21.1. The Morgan fingerprint density at radius 2 is 1.63 bits per heavy atom. The van der Waals surface area contributed by atoms with E-state index in [1.165, 1.54) is 0 Å². The summed E-state index contributed by atoms with van der Waals surface area (Å²) in [6.07, 6.45) is 0.859. The van der Waals surface area contributed by atoms with Crippen LogP contribution in [-0.2, 0) is 9.59 Å². The second-order valence-corrected chi connectivity index (χ2v) is 10.0. The molecule has 0 radical (unpaired) electrons. The Bertz CT molecular complexity index is 1200. The summed E-state index contributed by atoms with van der Waals surface area (Å²) >= 11 is 0. The minimum Gasteiger partial charge on any atom is -0.475 e. The number of carbonyl (C=O) groups is 3. The molecule has 3 aliphatic heterocycles. The molecule has 0 saturated carbocycles. The SMILES string of the molecule is Cc1cccc(C(=O)N2CCC3(CC2)CN(c2ncccn2)CC32CCN(C)C2=O)n1.O=C(O)C(F)(F)F. The highest BCUT2D eigenvalue weighted by Crippen LogP contribution is 2.58. The Morgan fingerprint density at radius 1 is 1.00 bits per heavy atom. The maximum atomic E-state index is 13.4. The van der Waals surface area contributed by atoms with E-state index in [9.17, 15) is 22.8 Å². The van der Waals surface area contributed by atoms with E-state index < -0.39 is 17.6 Å². The van der Waals surface area contributed by atoms with Gasteiger partial charge in [-0.15, -0.1) is 0 Å². The van der Waals surface area contributed by atoms with E-state index in [1.807, 2.05) is 42.0 Å². The molecule has 1 atom stereocenters. The molecule has 2 aromatic heterocycles. The number of piperidine rings is 1. The fraction of sp³-hybridized carbons (Fsp3) is 0.520. The minimum atomic E-state index is -5.08. The van der Waals surface area contributed by atoms with Crippen LogP contribution in [0.15, 0.2) is 36.7 Å². The summed E-state index contributed by atoms with van der Waals surface area (Å²) in [4.78, 5) is 54.6. The molecule has 13 heteroatoms. The van der Waals surface area contributed by atoms with Gasteiger partial charge in [0.05, 0.1) is 5.41 Å². The number of nitrogens with zero attached hydrogens (tertiary/aromatic N) is 6. The number of aromatic nitrogens is 3. The number of fused-ring (bicyclic) bond motifs is 1. The fourth-order valence-corrected chi connectivity index (χ4v) is 5.83. The number of hydrogen-bond donors (Lipinski definition) is 1. The number of hydrogen-bond acceptors (Lipinski definition) is 7. The number of carboxylic acids is 1. The first-order chi connectivity index (χ1) is 17.9. The molecule has 38 heavy (non-hydrogen) atoms. The standard InChI is InChI=1S/C23H28N6O2.C2HF3O2/c1-17-5-3-6-18(26-17)19(30)28-13-7-22(8-14-28)15-29(21-24-10-4-11-25-21)16-23(22)9-12-27(2)20(23)31;3-2(4,5)1(6)7/h3-6,10-11H,7-9,12-16H2,1-2H3;(H,6,7). The molecule has 0 aliphatic carbocycles. The second-order valence-electron chi connectivity index (χ2n) is 10.0. The van der Waals surface area contributed by atoms with Gasteiger partial charge in [-0.2, -0.15) is 13.2 Å². The Labute approximate surface area is 217 Å². The van der Waals surface area contributed by atoms with Crippen LogP contribution in [0.3, 0.4) is 0 Å². The predicted octanol–water partition coefficient (Wildman–Crippen LogP) is 2.40. The van der Waals surface area contributed by atoms with E-state index in [0.717, 1.165) is 38.0 Å². The number of aliphatic carboxylic acids is 1. The summed E-state index contributed by atoms with van der Waals surface area (Å²) in [5.74, 6) is -1.87. The number of amides is 2. The maximum absolute atomic E-state index is 13.4. The highest BCUT2D eigenvalue weighted by atomic mass is 19.4. The van der Waals surface area contributed by atoms with Crippen LogP contribution in [0.1, 0.15) is 35.4 Å². The van der Waals surface area contributed by atoms with Gasteiger partial charge in [-0.05, 0) is 44.4 Å². The van der Waals surface area contributed by atoms with Gasteiger partial charge in [0.2, 0.25) is 11.9 Å². The highest BCUT2D eigenvalue weighted by Gasteiger charge is 2.65. The largest absolute Gasteiger partial charge is 0.490 e. The molecule has 3 aliphatic rings. The van der Waals surface area contributed by atoms with Gasteiger partial charge in [-0.1, -0.05) is 6.07 Å². The average Bonchev–Trinajstić information content (AvgIpc) is 3.36. The molecule has 5 rings (SSSR count). The van der Waals surface area contributed by atoms with Crippen molar-refractivity contribution in [3.8, 4) is 0 Å². The molecule has 2 spiro atoms. The van der Waals surface area contributed by atoms with Crippen LogP contribution in [-0.4, -0.2) is 93.6 Å². The van der Waals surface area contributed by atoms with E-state index in [0.29, 0.717) is 31.3 Å². The third-order valence-corrected chi connectivity index (χ3v) is 7.79. The Balaban J connectivity index is 0.000000426. The summed E-state index contributed by atoms with van der Waals surface area (Å²) in [6.45, 7) is 5.34. The molecule has 3 fully saturated rings. The number of aryl methyl sites for hydroxylation is 1. The van der Waals surface area contributed by atoms with Crippen LogP contribution in [0.4, 0.5) is 19.1 Å². The first kappa shape index (κ1) is 27.3. The van der Waals surface area contributed by atoms with E-state index >= 15 is 0 Å². The number of pyridine rings is 1. The average molecular weight is 535 g/mol. The number of carboxylic acid groups (broad SMARTS) is 1. The van der Waals surface area contributed by atoms with Gasteiger partial charge in [0, 0.05) is 63.3 Å². The van der Waals surface area contributed by atoms with Gasteiger partial charge in [0.25, 0.3) is 5.91 Å². The summed E-state index contributed by atoms with van der Waals surface area (Å²) in [7, 11) is 1.90. The van der Waals surface area contributed by atoms with Crippen LogP contribution >= 0.6 is 0 Å². The van der Waals surface area contributed by atoms with Crippen molar-refractivity contribution in [3.05, 3.63) is 48.0 Å². The Kier molecular flexibility index (Phi) is 7.31. The van der Waals surface area contributed by atoms with Crippen molar-refractivity contribution in [2.24, 2.45) is 10.8 Å². The van der Waals surface area contributed by atoms with Gasteiger partial charge in [-0.25, -0.2) is 19.7 Å². The van der Waals surface area contributed by atoms with Crippen molar-refractivity contribution < 1.29 is 32.7 Å². The van der Waals surface area contributed by atoms with Crippen LogP contribution in [0.2, 0.25) is 0 Å². The molecule has 0 bridgehead atoms. The number of anilines is 1. The summed E-state index contributed by atoms with van der Waals surface area (Å²) < 4.78 is 31.7. The van der Waals surface area contributed by atoms with Crippen molar-refractivity contribution in [1.82, 2.24) is 24.8 Å². The zero-order chi connectivity index (χ0) is 27.7. The van der Waals surface area contributed by atoms with Gasteiger partial charge in [0.15, 0.2) is 0 Å². The van der Waals surface area contributed by atoms with Gasteiger partial charge in [0.1, 0.15) is 5.69 Å². The number of carbonyl (C=O) groups excluding carboxylic acids is 2. The lowest BCUT2D eigenvalue weighted by Gasteiger charge is -2.46. The first-order valence-electron chi connectivity index (χ1n) is 12.2. The van der Waals surface area contributed by atoms with Crippen molar-refractivity contribution >= 4 is 23.7 Å². The smallest absolute Gasteiger partial charge is 0.475 e. The number of alkyl halides is 3. The van der Waals surface area contributed by atoms with Crippen molar-refractivity contribution in [1.29, 1.82) is 0 Å². The topological polar surface area (TPSA) is 120 Å². The molecule has 3 saturated heterocycles. The lowest BCUT2D eigenvalue weighted by atomic mass is 9.60. The number of likely N-dealkylation sites (tertiary alicyclic amines) is 2. The molecule has 1 N–H and O–H groups in total. The van der Waals surface area contributed by atoms with Crippen LogP contribution < -0.4 is 4.90 Å². The molecule has 1 unspecified atom stereocenters. The van der Waals surface area contributed by atoms with Crippen molar-refractivity contribution in [2.75, 3.05) is 44.7 Å². The molecule has 10 nitrogen and oxygen atoms in total. The van der Waals surface area contributed by atoms with E-state index in [1.54, 1.807) is 18.5 Å². The van der Waals surface area contributed by atoms with Crippen LogP contribution in [0.25, 0.3) is 0 Å².